The van der Waals surface area contributed by atoms with Gasteiger partial charge in [0.15, 0.2) is 0 Å². The minimum absolute atomic E-state index is 0.0197. The van der Waals surface area contributed by atoms with Crippen LogP contribution in [0, 0.1) is 0 Å². The minimum Gasteiger partial charge on any atom is -0.457 e. The van der Waals surface area contributed by atoms with Crippen LogP contribution in [0.25, 0.3) is 0 Å². The summed E-state index contributed by atoms with van der Waals surface area (Å²) in [4.78, 5) is 30.4. The molecule has 1 unspecified atom stereocenters. The molecule has 0 saturated heterocycles. The van der Waals surface area contributed by atoms with Crippen molar-refractivity contribution in [3.05, 3.63) is 120 Å². The average Bonchev–Trinajstić information content (AvgIpc) is 3.45. The highest BCUT2D eigenvalue weighted by molar-refractivity contribution is 5.84. The standard InChI is InChI=1S/C32H34N4O3/c1-2-18-35(32(38)33-23-25-11-5-3-6-12-25)24-30(37)36-21-20-34-19-10-17-29(34)31(36)26-13-9-16-28(22-26)39-27-14-7-4-8-15-27/h3-17,19,22,31H,2,18,20-21,23-24H2,1H3,(H,33,38). The molecule has 1 N–H and O–H groups in total. The number of aromatic nitrogens is 1. The van der Waals surface area contributed by atoms with Crippen molar-refractivity contribution < 1.29 is 14.3 Å². The second-order valence-electron chi connectivity index (χ2n) is 9.67. The Kier molecular flexibility index (Phi) is 8.26. The quantitative estimate of drug-likeness (QED) is 0.301. The lowest BCUT2D eigenvalue weighted by molar-refractivity contribution is -0.134. The Morgan fingerprint density at radius 2 is 1.64 bits per heavy atom. The van der Waals surface area contributed by atoms with Gasteiger partial charge in [-0.1, -0.05) is 67.6 Å². The van der Waals surface area contributed by atoms with Crippen LogP contribution < -0.4 is 10.1 Å². The van der Waals surface area contributed by atoms with Gasteiger partial charge in [-0.05, 0) is 53.9 Å². The largest absolute Gasteiger partial charge is 0.457 e. The fourth-order valence-corrected chi connectivity index (χ4v) is 5.04. The Hall–Kier alpha value is -4.52. The van der Waals surface area contributed by atoms with Crippen LogP contribution in [-0.2, 0) is 17.9 Å². The number of fused-ring (bicyclic) bond motifs is 1. The first-order valence-electron chi connectivity index (χ1n) is 13.5. The molecule has 0 spiro atoms. The van der Waals surface area contributed by atoms with Gasteiger partial charge in [0.2, 0.25) is 5.91 Å². The fourth-order valence-electron chi connectivity index (χ4n) is 5.04. The SMILES string of the molecule is CCCN(CC(=O)N1CCn2cccc2C1c1cccc(Oc2ccccc2)c1)C(=O)NCc1ccccc1. The van der Waals surface area contributed by atoms with Crippen LogP contribution in [0.4, 0.5) is 4.79 Å². The first-order chi connectivity index (χ1) is 19.1. The zero-order valence-corrected chi connectivity index (χ0v) is 22.2. The molecule has 2 heterocycles. The van der Waals surface area contributed by atoms with Gasteiger partial charge < -0.3 is 24.4 Å². The molecule has 0 fully saturated rings. The van der Waals surface area contributed by atoms with Crippen LogP contribution in [0.2, 0.25) is 0 Å². The Labute approximate surface area is 229 Å². The lowest BCUT2D eigenvalue weighted by Crippen LogP contribution is -2.50. The van der Waals surface area contributed by atoms with E-state index < -0.39 is 0 Å². The van der Waals surface area contributed by atoms with Gasteiger partial charge in [-0.25, -0.2) is 4.79 Å². The van der Waals surface area contributed by atoms with Gasteiger partial charge in [0.1, 0.15) is 18.0 Å². The van der Waals surface area contributed by atoms with E-state index >= 15 is 0 Å². The summed E-state index contributed by atoms with van der Waals surface area (Å²) in [6, 6.07) is 30.9. The summed E-state index contributed by atoms with van der Waals surface area (Å²) in [7, 11) is 0. The van der Waals surface area contributed by atoms with Crippen molar-refractivity contribution in [2.45, 2.75) is 32.5 Å². The van der Waals surface area contributed by atoms with Gasteiger partial charge in [-0.2, -0.15) is 0 Å². The number of hydrogen-bond donors (Lipinski definition) is 1. The topological polar surface area (TPSA) is 66.8 Å². The highest BCUT2D eigenvalue weighted by Crippen LogP contribution is 2.35. The predicted octanol–water partition coefficient (Wildman–Crippen LogP) is 5.83. The van der Waals surface area contributed by atoms with E-state index in [2.05, 4.69) is 22.1 Å². The van der Waals surface area contributed by atoms with Crippen molar-refractivity contribution in [2.75, 3.05) is 19.6 Å². The normalized spacial score (nSPS) is 14.4. The molecule has 0 aliphatic carbocycles. The fraction of sp³-hybridized carbons (Fsp3) is 0.250. The highest BCUT2D eigenvalue weighted by Gasteiger charge is 2.33. The monoisotopic (exact) mass is 522 g/mol. The van der Waals surface area contributed by atoms with Crippen LogP contribution in [0.5, 0.6) is 11.5 Å². The molecule has 39 heavy (non-hydrogen) atoms. The summed E-state index contributed by atoms with van der Waals surface area (Å²) in [6.45, 7) is 4.21. The molecule has 0 radical (unpaired) electrons. The van der Waals surface area contributed by atoms with E-state index in [0.717, 1.165) is 29.0 Å². The van der Waals surface area contributed by atoms with Crippen molar-refractivity contribution in [3.63, 3.8) is 0 Å². The summed E-state index contributed by atoms with van der Waals surface area (Å²) >= 11 is 0. The molecule has 3 aromatic carbocycles. The predicted molar refractivity (Wildman–Crippen MR) is 151 cm³/mol. The van der Waals surface area contributed by atoms with Gasteiger partial charge in [0, 0.05) is 38.1 Å². The average molecular weight is 523 g/mol. The van der Waals surface area contributed by atoms with Gasteiger partial charge in [0.25, 0.3) is 0 Å². The number of carbonyl (C=O) groups is 2. The smallest absolute Gasteiger partial charge is 0.318 e. The first-order valence-corrected chi connectivity index (χ1v) is 13.5. The Balaban J connectivity index is 1.35. The van der Waals surface area contributed by atoms with E-state index in [-0.39, 0.29) is 24.5 Å². The van der Waals surface area contributed by atoms with Crippen LogP contribution in [0.15, 0.2) is 103 Å². The molecule has 1 atom stereocenters. The molecule has 5 rings (SSSR count). The van der Waals surface area contributed by atoms with Gasteiger partial charge >= 0.3 is 6.03 Å². The summed E-state index contributed by atoms with van der Waals surface area (Å²) in [5, 5.41) is 2.97. The van der Waals surface area contributed by atoms with Crippen LogP contribution in [-0.4, -0.2) is 45.9 Å². The second-order valence-corrected chi connectivity index (χ2v) is 9.67. The summed E-state index contributed by atoms with van der Waals surface area (Å²) < 4.78 is 8.28. The number of benzene rings is 3. The lowest BCUT2D eigenvalue weighted by Gasteiger charge is -2.38. The Morgan fingerprint density at radius 3 is 2.41 bits per heavy atom. The highest BCUT2D eigenvalue weighted by atomic mass is 16.5. The molecular weight excluding hydrogens is 488 g/mol. The number of nitrogens with zero attached hydrogens (tertiary/aromatic N) is 3. The van der Waals surface area contributed by atoms with Crippen molar-refractivity contribution in [1.29, 1.82) is 0 Å². The summed E-state index contributed by atoms with van der Waals surface area (Å²) in [6.07, 6.45) is 2.81. The van der Waals surface area contributed by atoms with Crippen molar-refractivity contribution >= 4 is 11.9 Å². The maximum absolute atomic E-state index is 13.8. The lowest BCUT2D eigenvalue weighted by atomic mass is 9.99. The van der Waals surface area contributed by atoms with Crippen molar-refractivity contribution in [1.82, 2.24) is 19.7 Å². The summed E-state index contributed by atoms with van der Waals surface area (Å²) in [5.41, 5.74) is 3.03. The van der Waals surface area contributed by atoms with E-state index in [1.54, 1.807) is 4.90 Å². The zero-order valence-electron chi connectivity index (χ0n) is 22.2. The van der Waals surface area contributed by atoms with Crippen LogP contribution >= 0.6 is 0 Å². The number of amides is 3. The maximum atomic E-state index is 13.8. The first kappa shape index (κ1) is 26.1. The Bertz CT molecular complexity index is 1390. The molecule has 0 saturated carbocycles. The molecule has 3 amide bonds. The van der Waals surface area contributed by atoms with E-state index in [1.807, 2.05) is 103 Å². The molecule has 200 valence electrons. The molecule has 7 nitrogen and oxygen atoms in total. The van der Waals surface area contributed by atoms with E-state index in [4.69, 9.17) is 4.74 Å². The van der Waals surface area contributed by atoms with E-state index in [9.17, 15) is 9.59 Å². The van der Waals surface area contributed by atoms with Gasteiger partial charge in [-0.3, -0.25) is 4.79 Å². The molecule has 1 aliphatic heterocycles. The van der Waals surface area contributed by atoms with Crippen molar-refractivity contribution in [2.24, 2.45) is 0 Å². The number of hydrogen-bond acceptors (Lipinski definition) is 3. The number of nitrogens with one attached hydrogen (secondary N) is 1. The minimum atomic E-state index is -0.281. The number of urea groups is 1. The molecular formula is C32H34N4O3. The van der Waals surface area contributed by atoms with Gasteiger partial charge in [0.05, 0.1) is 6.04 Å². The van der Waals surface area contributed by atoms with Crippen LogP contribution in [0.3, 0.4) is 0 Å². The Morgan fingerprint density at radius 1 is 0.897 bits per heavy atom. The van der Waals surface area contributed by atoms with E-state index in [0.29, 0.717) is 31.9 Å². The molecule has 7 heteroatoms. The molecule has 0 bridgehead atoms. The third kappa shape index (κ3) is 6.32. The number of ether oxygens (including phenoxy) is 1. The molecule has 1 aliphatic rings. The molecule has 4 aromatic rings. The number of rotatable bonds is 9. The maximum Gasteiger partial charge on any atom is 0.318 e. The third-order valence-electron chi connectivity index (χ3n) is 6.90. The molecule has 1 aromatic heterocycles. The third-order valence-corrected chi connectivity index (χ3v) is 6.90. The summed E-state index contributed by atoms with van der Waals surface area (Å²) in [5.74, 6) is 1.39. The second kappa shape index (κ2) is 12.3. The van der Waals surface area contributed by atoms with Gasteiger partial charge in [-0.15, -0.1) is 0 Å². The van der Waals surface area contributed by atoms with E-state index in [1.165, 1.54) is 0 Å². The van der Waals surface area contributed by atoms with Crippen LogP contribution in [0.1, 0.15) is 36.2 Å². The zero-order chi connectivity index (χ0) is 27.0. The number of carbonyl (C=O) groups excluding carboxylic acids is 2. The van der Waals surface area contributed by atoms with Crippen molar-refractivity contribution in [3.8, 4) is 11.5 Å². The number of para-hydroxylation sites is 1.